The number of aromatic hydroxyl groups is 4. The number of rotatable bonds is 2. The number of ketones is 2. The molecule has 0 spiro atoms. The first-order valence-electron chi connectivity index (χ1n) is 10.2. The maximum absolute atomic E-state index is 13.4. The Morgan fingerprint density at radius 2 is 0.824 bits per heavy atom. The molecule has 0 aliphatic heterocycles. The van der Waals surface area contributed by atoms with Crippen molar-refractivity contribution >= 4 is 22.9 Å². The predicted molar refractivity (Wildman–Crippen MR) is 126 cm³/mol. The Labute approximate surface area is 193 Å². The molecule has 34 heavy (non-hydrogen) atoms. The van der Waals surface area contributed by atoms with Crippen molar-refractivity contribution in [1.29, 1.82) is 0 Å². The third-order valence-corrected chi connectivity index (χ3v) is 5.91. The van der Waals surface area contributed by atoms with Gasteiger partial charge in [0.25, 0.3) is 0 Å². The van der Waals surface area contributed by atoms with Crippen molar-refractivity contribution in [1.82, 2.24) is 0 Å². The zero-order valence-electron chi connectivity index (χ0n) is 17.5. The van der Waals surface area contributed by atoms with Crippen LogP contribution in [0.4, 0.5) is 11.4 Å². The molecule has 0 saturated heterocycles. The number of hydrogen-bond acceptors (Lipinski definition) is 8. The van der Waals surface area contributed by atoms with Gasteiger partial charge in [-0.1, -0.05) is 24.3 Å². The van der Waals surface area contributed by atoms with Gasteiger partial charge in [-0.15, -0.1) is 0 Å². The van der Waals surface area contributed by atoms with Crippen LogP contribution >= 0.6 is 0 Å². The van der Waals surface area contributed by atoms with Gasteiger partial charge in [0.2, 0.25) is 11.6 Å². The Balaban J connectivity index is 1.75. The molecule has 0 amide bonds. The summed E-state index contributed by atoms with van der Waals surface area (Å²) in [6, 6.07) is 15.0. The van der Waals surface area contributed by atoms with Crippen LogP contribution in [-0.4, -0.2) is 32.0 Å². The van der Waals surface area contributed by atoms with E-state index in [-0.39, 0.29) is 11.1 Å². The van der Waals surface area contributed by atoms with Gasteiger partial charge < -0.3 is 31.9 Å². The summed E-state index contributed by atoms with van der Waals surface area (Å²) >= 11 is 0. The molecule has 0 saturated carbocycles. The normalized spacial score (nSPS) is 12.4. The Bertz CT molecular complexity index is 1410. The number of fused-ring (bicyclic) bond motifs is 2. The monoisotopic (exact) mass is 454 g/mol. The fourth-order valence-corrected chi connectivity index (χ4v) is 4.23. The van der Waals surface area contributed by atoms with Gasteiger partial charge >= 0.3 is 0 Å². The van der Waals surface area contributed by atoms with Crippen LogP contribution in [0.2, 0.25) is 0 Å². The minimum Gasteiger partial charge on any atom is -0.507 e. The van der Waals surface area contributed by atoms with Gasteiger partial charge in [0.15, 0.2) is 0 Å². The molecule has 5 rings (SSSR count). The van der Waals surface area contributed by atoms with Gasteiger partial charge in [-0.05, 0) is 47.5 Å². The predicted octanol–water partition coefficient (Wildman–Crippen LogP) is 3.78. The maximum Gasteiger partial charge on any atom is 0.202 e. The third-order valence-electron chi connectivity index (χ3n) is 5.91. The van der Waals surface area contributed by atoms with Crippen molar-refractivity contribution in [2.45, 2.75) is 0 Å². The van der Waals surface area contributed by atoms with Crippen LogP contribution in [-0.2, 0) is 0 Å². The lowest BCUT2D eigenvalue weighted by molar-refractivity contribution is 0.0969. The molecule has 1 aliphatic rings. The van der Waals surface area contributed by atoms with Gasteiger partial charge in [-0.2, -0.15) is 0 Å². The van der Waals surface area contributed by atoms with Crippen LogP contribution in [0.1, 0.15) is 31.8 Å². The highest BCUT2D eigenvalue weighted by Gasteiger charge is 2.40. The fraction of sp³-hybridized carbons (Fsp3) is 0. The summed E-state index contributed by atoms with van der Waals surface area (Å²) in [6.07, 6.45) is 0. The molecule has 4 aromatic rings. The van der Waals surface area contributed by atoms with E-state index in [1.807, 2.05) is 0 Å². The lowest BCUT2D eigenvalue weighted by Crippen LogP contribution is -2.22. The average molecular weight is 454 g/mol. The number of nitrogens with two attached hydrogens (primary N) is 2. The number of phenolic OH excluding ortho intramolecular Hbond substituents is 4. The van der Waals surface area contributed by atoms with Crippen molar-refractivity contribution in [3.63, 3.8) is 0 Å². The van der Waals surface area contributed by atoms with E-state index >= 15 is 0 Å². The summed E-state index contributed by atoms with van der Waals surface area (Å²) in [5.41, 5.74) is 11.6. The average Bonchev–Trinajstić information content (AvgIpc) is 2.81. The van der Waals surface area contributed by atoms with Crippen LogP contribution in [0.25, 0.3) is 22.3 Å². The molecule has 0 heterocycles. The maximum atomic E-state index is 13.4. The van der Waals surface area contributed by atoms with E-state index in [9.17, 15) is 30.0 Å². The lowest BCUT2D eigenvalue weighted by atomic mass is 9.79. The number of carbonyl (C=O) groups excluding carboxylic acids is 2. The molecule has 0 radical (unpaired) electrons. The van der Waals surface area contributed by atoms with E-state index in [1.54, 1.807) is 48.5 Å². The Morgan fingerprint density at radius 3 is 1.15 bits per heavy atom. The molecule has 0 atom stereocenters. The molecule has 0 bridgehead atoms. The largest absolute Gasteiger partial charge is 0.507 e. The molecular weight excluding hydrogens is 436 g/mol. The van der Waals surface area contributed by atoms with Gasteiger partial charge in [-0.3, -0.25) is 9.59 Å². The summed E-state index contributed by atoms with van der Waals surface area (Å²) in [5.74, 6) is -4.01. The highest BCUT2D eigenvalue weighted by Crippen LogP contribution is 2.49. The Kier molecular flexibility index (Phi) is 4.47. The van der Waals surface area contributed by atoms with Crippen molar-refractivity contribution in [3.8, 4) is 45.3 Å². The number of benzene rings is 4. The van der Waals surface area contributed by atoms with E-state index in [1.165, 1.54) is 0 Å². The minimum absolute atomic E-state index is 0.100. The van der Waals surface area contributed by atoms with Crippen molar-refractivity contribution < 1.29 is 30.0 Å². The second kappa shape index (κ2) is 7.28. The summed E-state index contributed by atoms with van der Waals surface area (Å²) in [5, 5.41) is 43.3. The van der Waals surface area contributed by atoms with Gasteiger partial charge in [0.05, 0.1) is 22.3 Å². The quantitative estimate of drug-likeness (QED) is 0.173. The standard InChI is InChI=1S/C26H18N2O6/c27-13-5-1-11(2-6-13)15-9-17(29)19-21(23(15)31)25(33)20-18(30)10-16(24(32)22(20)26(19)34)12-3-7-14(28)8-4-12/h1-10,29-32H,27-28H2. The number of carbonyl (C=O) groups is 2. The van der Waals surface area contributed by atoms with E-state index in [4.69, 9.17) is 11.5 Å². The summed E-state index contributed by atoms with van der Waals surface area (Å²) in [4.78, 5) is 26.8. The van der Waals surface area contributed by atoms with Crippen LogP contribution in [0.15, 0.2) is 60.7 Å². The van der Waals surface area contributed by atoms with Gasteiger partial charge in [0.1, 0.15) is 23.0 Å². The van der Waals surface area contributed by atoms with Crippen LogP contribution in [0.5, 0.6) is 23.0 Å². The smallest absolute Gasteiger partial charge is 0.202 e. The summed E-state index contributed by atoms with van der Waals surface area (Å²) in [6.45, 7) is 0. The van der Waals surface area contributed by atoms with E-state index in [2.05, 4.69) is 0 Å². The number of nitrogen functional groups attached to an aromatic ring is 2. The lowest BCUT2D eigenvalue weighted by Gasteiger charge is -2.23. The molecule has 0 unspecified atom stereocenters. The Hall–Kier alpha value is -4.98. The van der Waals surface area contributed by atoms with Crippen LogP contribution < -0.4 is 11.5 Å². The summed E-state index contributed by atoms with van der Waals surface area (Å²) in [7, 11) is 0. The molecule has 0 aromatic heterocycles. The molecule has 4 aromatic carbocycles. The van der Waals surface area contributed by atoms with Crippen molar-refractivity contribution in [2.24, 2.45) is 0 Å². The fourth-order valence-electron chi connectivity index (χ4n) is 4.23. The molecular formula is C26H18N2O6. The zero-order valence-corrected chi connectivity index (χ0v) is 17.5. The Morgan fingerprint density at radius 1 is 0.500 bits per heavy atom. The van der Waals surface area contributed by atoms with E-state index in [0.29, 0.717) is 22.5 Å². The highest BCUT2D eigenvalue weighted by molar-refractivity contribution is 6.33. The summed E-state index contributed by atoms with van der Waals surface area (Å²) < 4.78 is 0. The first kappa shape index (κ1) is 20.9. The second-order valence-corrected chi connectivity index (χ2v) is 7.99. The van der Waals surface area contributed by atoms with Crippen molar-refractivity contribution in [2.75, 3.05) is 11.5 Å². The van der Waals surface area contributed by atoms with Gasteiger partial charge in [0, 0.05) is 22.5 Å². The zero-order chi connectivity index (χ0) is 24.3. The third kappa shape index (κ3) is 2.93. The second-order valence-electron chi connectivity index (χ2n) is 7.99. The van der Waals surface area contributed by atoms with E-state index in [0.717, 1.165) is 12.1 Å². The SMILES string of the molecule is Nc1ccc(-c2cc(O)c3c(c2O)C(=O)c2c(O)cc(-c4ccc(N)cc4)c(O)c2C3=O)cc1. The first-order chi connectivity index (χ1) is 16.2. The molecule has 168 valence electrons. The molecule has 8 N–H and O–H groups in total. The number of anilines is 2. The highest BCUT2D eigenvalue weighted by atomic mass is 16.3. The minimum atomic E-state index is -0.911. The van der Waals surface area contributed by atoms with Crippen LogP contribution in [0, 0.1) is 0 Å². The molecule has 0 fully saturated rings. The van der Waals surface area contributed by atoms with Crippen molar-refractivity contribution in [3.05, 3.63) is 82.9 Å². The van der Waals surface area contributed by atoms with E-state index < -0.39 is 56.8 Å². The first-order valence-corrected chi connectivity index (χ1v) is 10.2. The number of phenols is 4. The van der Waals surface area contributed by atoms with Gasteiger partial charge in [-0.25, -0.2) is 0 Å². The topological polar surface area (TPSA) is 167 Å². The molecule has 8 heteroatoms. The molecule has 1 aliphatic carbocycles. The molecule has 8 nitrogen and oxygen atoms in total. The number of hydrogen-bond donors (Lipinski definition) is 6. The van der Waals surface area contributed by atoms with Crippen LogP contribution in [0.3, 0.4) is 0 Å².